The Labute approximate surface area is 126 Å². The van der Waals surface area contributed by atoms with Crippen LogP contribution in [0.1, 0.15) is 58.3 Å². The van der Waals surface area contributed by atoms with E-state index in [-0.39, 0.29) is 12.8 Å². The van der Waals surface area contributed by atoms with Crippen molar-refractivity contribution < 1.29 is 24.9 Å². The van der Waals surface area contributed by atoms with Crippen molar-refractivity contribution in [2.75, 3.05) is 0 Å². The minimum atomic E-state index is -1.15. The predicted octanol–water partition coefficient (Wildman–Crippen LogP) is 1.69. The molecule has 3 N–H and O–H groups in total. The number of rotatable bonds is 6. The molecule has 0 fully saturated rings. The monoisotopic (exact) mass is 300 g/mol. The van der Waals surface area contributed by atoms with Gasteiger partial charge in [-0.05, 0) is 19.3 Å². The van der Waals surface area contributed by atoms with Crippen molar-refractivity contribution in [3.05, 3.63) is 12.2 Å². The summed E-state index contributed by atoms with van der Waals surface area (Å²) in [5, 5.41) is 29.5. The van der Waals surface area contributed by atoms with Crippen LogP contribution in [0.5, 0.6) is 0 Å². The molecule has 0 aromatic heterocycles. The average Bonchev–Trinajstić information content (AvgIpc) is 2.47. The van der Waals surface area contributed by atoms with Crippen molar-refractivity contribution in [1.82, 2.24) is 0 Å². The number of aliphatic hydroxyl groups is 3. The summed E-state index contributed by atoms with van der Waals surface area (Å²) in [5.41, 5.74) is 0. The van der Waals surface area contributed by atoms with Gasteiger partial charge < -0.3 is 20.1 Å². The van der Waals surface area contributed by atoms with Crippen molar-refractivity contribution in [2.45, 2.75) is 82.7 Å². The van der Waals surface area contributed by atoms with Crippen molar-refractivity contribution >= 4 is 5.97 Å². The number of hydrogen-bond donors (Lipinski definition) is 3. The predicted molar refractivity (Wildman–Crippen MR) is 79.7 cm³/mol. The Morgan fingerprint density at radius 2 is 1.86 bits per heavy atom. The Bertz CT molecular complexity index is 329. The van der Waals surface area contributed by atoms with Crippen LogP contribution in [0.15, 0.2) is 12.2 Å². The molecule has 0 aromatic carbocycles. The van der Waals surface area contributed by atoms with E-state index < -0.39 is 30.4 Å². The number of aliphatic hydroxyl groups excluding tert-OH is 3. The van der Waals surface area contributed by atoms with E-state index in [1.54, 1.807) is 0 Å². The van der Waals surface area contributed by atoms with Crippen LogP contribution in [0.4, 0.5) is 0 Å². The Hall–Kier alpha value is -0.910. The van der Waals surface area contributed by atoms with Gasteiger partial charge in [-0.25, -0.2) is 0 Å². The highest BCUT2D eigenvalue weighted by molar-refractivity contribution is 5.69. The third-order valence-corrected chi connectivity index (χ3v) is 3.78. The zero-order valence-corrected chi connectivity index (χ0v) is 12.8. The fourth-order valence-corrected chi connectivity index (χ4v) is 2.41. The van der Waals surface area contributed by atoms with Gasteiger partial charge in [0.25, 0.3) is 0 Å². The first-order valence-corrected chi connectivity index (χ1v) is 7.96. The van der Waals surface area contributed by atoms with Gasteiger partial charge in [-0.2, -0.15) is 0 Å². The molecule has 5 nitrogen and oxygen atoms in total. The van der Waals surface area contributed by atoms with Crippen LogP contribution in [-0.4, -0.2) is 45.7 Å². The van der Waals surface area contributed by atoms with Crippen LogP contribution in [0.2, 0.25) is 0 Å². The first kappa shape index (κ1) is 18.1. The van der Waals surface area contributed by atoms with Crippen LogP contribution < -0.4 is 0 Å². The molecule has 0 bridgehead atoms. The Balaban J connectivity index is 2.56. The molecule has 1 aliphatic rings. The smallest absolute Gasteiger partial charge is 0.306 e. The molecule has 0 radical (unpaired) electrons. The SMILES string of the molecule is CCCCCCCC1OC(=O)CCC(O)C=CC(O)C1O. The fourth-order valence-electron chi connectivity index (χ4n) is 2.41. The number of ether oxygens (including phenoxy) is 1. The van der Waals surface area contributed by atoms with E-state index in [1.807, 2.05) is 0 Å². The number of unbranched alkanes of at least 4 members (excludes halogenated alkanes) is 4. The van der Waals surface area contributed by atoms with Crippen LogP contribution in [0, 0.1) is 0 Å². The molecule has 21 heavy (non-hydrogen) atoms. The second-order valence-corrected chi connectivity index (χ2v) is 5.70. The molecule has 0 aliphatic carbocycles. The highest BCUT2D eigenvalue weighted by atomic mass is 16.6. The molecule has 1 rings (SSSR count). The molecule has 122 valence electrons. The van der Waals surface area contributed by atoms with Crippen molar-refractivity contribution in [1.29, 1.82) is 0 Å². The number of carbonyl (C=O) groups excluding carboxylic acids is 1. The molecule has 0 saturated heterocycles. The summed E-state index contributed by atoms with van der Waals surface area (Å²) in [6.45, 7) is 2.14. The topological polar surface area (TPSA) is 87.0 Å². The van der Waals surface area contributed by atoms with Gasteiger partial charge in [-0.3, -0.25) is 4.79 Å². The minimum Gasteiger partial charge on any atom is -0.459 e. The maximum absolute atomic E-state index is 11.7. The number of esters is 1. The lowest BCUT2D eigenvalue weighted by Gasteiger charge is -2.26. The molecule has 0 amide bonds. The van der Waals surface area contributed by atoms with E-state index in [9.17, 15) is 20.1 Å². The summed E-state index contributed by atoms with van der Waals surface area (Å²) < 4.78 is 5.27. The molecule has 4 atom stereocenters. The number of hydrogen-bond acceptors (Lipinski definition) is 5. The fraction of sp³-hybridized carbons (Fsp3) is 0.812. The zero-order chi connectivity index (χ0) is 15.7. The van der Waals surface area contributed by atoms with E-state index in [0.717, 1.165) is 25.7 Å². The maximum atomic E-state index is 11.7. The van der Waals surface area contributed by atoms with Crippen LogP contribution in [0.3, 0.4) is 0 Å². The van der Waals surface area contributed by atoms with Crippen molar-refractivity contribution in [2.24, 2.45) is 0 Å². The van der Waals surface area contributed by atoms with Gasteiger partial charge in [0.2, 0.25) is 0 Å². The van der Waals surface area contributed by atoms with Gasteiger partial charge in [0, 0.05) is 6.42 Å². The summed E-state index contributed by atoms with van der Waals surface area (Å²) in [6, 6.07) is 0. The molecule has 5 heteroatoms. The average molecular weight is 300 g/mol. The van der Waals surface area contributed by atoms with Crippen LogP contribution >= 0.6 is 0 Å². The first-order valence-electron chi connectivity index (χ1n) is 7.96. The van der Waals surface area contributed by atoms with E-state index in [1.165, 1.54) is 18.6 Å². The summed E-state index contributed by atoms with van der Waals surface area (Å²) in [4.78, 5) is 11.7. The van der Waals surface area contributed by atoms with Crippen LogP contribution in [-0.2, 0) is 9.53 Å². The van der Waals surface area contributed by atoms with Crippen LogP contribution in [0.25, 0.3) is 0 Å². The minimum absolute atomic E-state index is 0.112. The second-order valence-electron chi connectivity index (χ2n) is 5.70. The van der Waals surface area contributed by atoms with E-state index >= 15 is 0 Å². The summed E-state index contributed by atoms with van der Waals surface area (Å²) in [5.74, 6) is -0.436. The maximum Gasteiger partial charge on any atom is 0.306 e. The summed E-state index contributed by atoms with van der Waals surface area (Å²) in [6.07, 6.45) is 5.29. The zero-order valence-electron chi connectivity index (χ0n) is 12.8. The van der Waals surface area contributed by atoms with E-state index in [0.29, 0.717) is 6.42 Å². The normalized spacial score (nSPS) is 31.0. The molecule has 1 aliphatic heterocycles. The number of carbonyl (C=O) groups is 1. The molecule has 0 spiro atoms. The molecule has 0 saturated carbocycles. The standard InChI is InChI=1S/C16H28O5/c1-2-3-4-5-6-7-14-16(20)13(18)10-8-12(17)9-11-15(19)21-14/h8,10,12-14,16-18,20H,2-7,9,11H2,1H3. The molecular weight excluding hydrogens is 272 g/mol. The van der Waals surface area contributed by atoms with Crippen molar-refractivity contribution in [3.8, 4) is 0 Å². The van der Waals surface area contributed by atoms with E-state index in [2.05, 4.69) is 6.92 Å². The van der Waals surface area contributed by atoms with Gasteiger partial charge in [-0.15, -0.1) is 0 Å². The lowest BCUT2D eigenvalue weighted by molar-refractivity contribution is -0.160. The van der Waals surface area contributed by atoms with E-state index in [4.69, 9.17) is 4.74 Å². The van der Waals surface area contributed by atoms with Gasteiger partial charge in [0.1, 0.15) is 18.3 Å². The molecular formula is C16H28O5. The molecule has 4 unspecified atom stereocenters. The quantitative estimate of drug-likeness (QED) is 0.395. The first-order chi connectivity index (χ1) is 10.0. The second kappa shape index (κ2) is 9.92. The Kier molecular flexibility index (Phi) is 8.57. The summed E-state index contributed by atoms with van der Waals surface area (Å²) >= 11 is 0. The lowest BCUT2D eigenvalue weighted by Crippen LogP contribution is -2.40. The Morgan fingerprint density at radius 3 is 2.57 bits per heavy atom. The Morgan fingerprint density at radius 1 is 1.14 bits per heavy atom. The lowest BCUT2D eigenvalue weighted by atomic mass is 9.99. The van der Waals surface area contributed by atoms with Gasteiger partial charge in [0.15, 0.2) is 0 Å². The molecule has 1 heterocycles. The highest BCUT2D eigenvalue weighted by Gasteiger charge is 2.29. The largest absolute Gasteiger partial charge is 0.459 e. The highest BCUT2D eigenvalue weighted by Crippen LogP contribution is 2.18. The van der Waals surface area contributed by atoms with Gasteiger partial charge in [-0.1, -0.05) is 44.8 Å². The van der Waals surface area contributed by atoms with Gasteiger partial charge >= 0.3 is 5.97 Å². The van der Waals surface area contributed by atoms with Crippen molar-refractivity contribution in [3.63, 3.8) is 0 Å². The third-order valence-electron chi connectivity index (χ3n) is 3.78. The molecule has 0 aromatic rings. The van der Waals surface area contributed by atoms with Gasteiger partial charge in [0.05, 0.1) is 6.10 Å². The summed E-state index contributed by atoms with van der Waals surface area (Å²) in [7, 11) is 0. The number of cyclic esters (lactones) is 1. The third kappa shape index (κ3) is 7.07.